The summed E-state index contributed by atoms with van der Waals surface area (Å²) < 4.78 is 26.2. The first kappa shape index (κ1) is 12.8. The molecule has 1 amide bonds. The molecule has 1 aliphatic heterocycles. The van der Waals surface area contributed by atoms with Crippen LogP contribution in [0.1, 0.15) is 15.2 Å². The average molecular weight is 359 g/mol. The molecule has 0 atom stereocenters. The minimum absolute atomic E-state index is 0.0355. The van der Waals surface area contributed by atoms with Crippen LogP contribution in [-0.2, 0) is 16.6 Å². The highest BCUT2D eigenvalue weighted by molar-refractivity contribution is 9.10. The first-order valence-corrected chi connectivity index (χ1v) is 8.36. The molecule has 19 heavy (non-hydrogen) atoms. The lowest BCUT2D eigenvalue weighted by Gasteiger charge is -2.12. The summed E-state index contributed by atoms with van der Waals surface area (Å²) in [4.78, 5) is 16.7. The largest absolute Gasteiger partial charge is 0.285 e. The molecule has 0 saturated heterocycles. The summed E-state index contributed by atoms with van der Waals surface area (Å²) in [6.45, 7) is 0.0355. The molecule has 3 heterocycles. The third-order valence-corrected chi connectivity index (χ3v) is 6.06. The van der Waals surface area contributed by atoms with Crippen molar-refractivity contribution in [3.63, 3.8) is 0 Å². The van der Waals surface area contributed by atoms with Gasteiger partial charge in [0.25, 0.3) is 15.9 Å². The van der Waals surface area contributed by atoms with Crippen LogP contribution in [-0.4, -0.2) is 23.6 Å². The number of pyridine rings is 1. The summed E-state index contributed by atoms with van der Waals surface area (Å²) in [5, 5.41) is 1.68. The molecular weight excluding hydrogens is 352 g/mol. The number of halogens is 1. The molecular formula is C11H7BrN2O3S2. The Morgan fingerprint density at radius 1 is 1.42 bits per heavy atom. The Morgan fingerprint density at radius 2 is 2.21 bits per heavy atom. The highest BCUT2D eigenvalue weighted by Gasteiger charge is 2.42. The zero-order chi connectivity index (χ0) is 13.6. The van der Waals surface area contributed by atoms with E-state index in [9.17, 15) is 13.2 Å². The van der Waals surface area contributed by atoms with Crippen molar-refractivity contribution in [3.05, 3.63) is 44.7 Å². The van der Waals surface area contributed by atoms with Gasteiger partial charge in [-0.1, -0.05) is 0 Å². The number of carbonyl (C=O) groups is 1. The molecule has 3 rings (SSSR count). The Morgan fingerprint density at radius 3 is 2.84 bits per heavy atom. The number of sulfonamides is 1. The number of fused-ring (bicyclic) bond motifs is 1. The molecule has 0 unspecified atom stereocenters. The van der Waals surface area contributed by atoms with E-state index in [0.29, 0.717) is 0 Å². The lowest BCUT2D eigenvalue weighted by Crippen LogP contribution is -2.29. The number of hydrogen-bond acceptors (Lipinski definition) is 5. The molecule has 1 aliphatic rings. The van der Waals surface area contributed by atoms with Crippen molar-refractivity contribution in [3.8, 4) is 0 Å². The van der Waals surface area contributed by atoms with Crippen molar-refractivity contribution >= 4 is 43.2 Å². The van der Waals surface area contributed by atoms with E-state index in [-0.39, 0.29) is 17.1 Å². The Labute approximate surface area is 122 Å². The summed E-state index contributed by atoms with van der Waals surface area (Å²) in [5.41, 5.74) is 0.137. The standard InChI is InChI=1S/C11H7BrN2O3S2/c12-7-4-8(18-6-7)5-14-11(15)9-2-1-3-13-10(9)19(14,16)17/h1-4,6H,5H2. The van der Waals surface area contributed by atoms with Crippen molar-refractivity contribution < 1.29 is 13.2 Å². The van der Waals surface area contributed by atoms with Crippen molar-refractivity contribution in [2.75, 3.05) is 0 Å². The monoisotopic (exact) mass is 358 g/mol. The van der Waals surface area contributed by atoms with Gasteiger partial charge in [-0.3, -0.25) is 4.79 Å². The molecule has 2 aromatic heterocycles. The van der Waals surface area contributed by atoms with Crippen LogP contribution in [0.25, 0.3) is 0 Å². The molecule has 98 valence electrons. The Bertz CT molecular complexity index is 770. The number of hydrogen-bond donors (Lipinski definition) is 0. The average Bonchev–Trinajstić information content (AvgIpc) is 2.87. The third-order valence-electron chi connectivity index (χ3n) is 2.68. The highest BCUT2D eigenvalue weighted by atomic mass is 79.9. The molecule has 0 bridgehead atoms. The first-order chi connectivity index (χ1) is 9.00. The maximum absolute atomic E-state index is 12.2. The minimum atomic E-state index is -3.82. The van der Waals surface area contributed by atoms with E-state index >= 15 is 0 Å². The second-order valence-corrected chi connectivity index (χ2v) is 7.59. The lowest BCUT2D eigenvalue weighted by molar-refractivity contribution is 0.0865. The Balaban J connectivity index is 2.03. The molecule has 0 fully saturated rings. The van der Waals surface area contributed by atoms with Gasteiger partial charge in [0.1, 0.15) is 0 Å². The maximum Gasteiger partial charge on any atom is 0.285 e. The second-order valence-electron chi connectivity index (χ2n) is 3.90. The van der Waals surface area contributed by atoms with Crippen molar-refractivity contribution in [1.29, 1.82) is 0 Å². The number of aromatic nitrogens is 1. The van der Waals surface area contributed by atoms with Gasteiger partial charge in [-0.15, -0.1) is 11.3 Å². The van der Waals surface area contributed by atoms with Gasteiger partial charge in [0.2, 0.25) is 0 Å². The van der Waals surface area contributed by atoms with Gasteiger partial charge in [-0.2, -0.15) is 8.42 Å². The van der Waals surface area contributed by atoms with E-state index < -0.39 is 15.9 Å². The summed E-state index contributed by atoms with van der Waals surface area (Å²) in [5.74, 6) is -0.521. The van der Waals surface area contributed by atoms with Crippen LogP contribution in [0.3, 0.4) is 0 Å². The van der Waals surface area contributed by atoms with Crippen LogP contribution in [0.5, 0.6) is 0 Å². The molecule has 0 saturated carbocycles. The predicted octanol–water partition coefficient (Wildman–Crippen LogP) is 2.25. The second kappa shape index (κ2) is 4.39. The molecule has 0 aliphatic carbocycles. The summed E-state index contributed by atoms with van der Waals surface area (Å²) in [6.07, 6.45) is 1.37. The summed E-state index contributed by atoms with van der Waals surface area (Å²) in [7, 11) is -3.82. The van der Waals surface area contributed by atoms with Gasteiger partial charge in [-0.25, -0.2) is 9.29 Å². The van der Waals surface area contributed by atoms with Gasteiger partial charge in [0.15, 0.2) is 5.03 Å². The van der Waals surface area contributed by atoms with Crippen LogP contribution in [0.15, 0.2) is 39.3 Å². The van der Waals surface area contributed by atoms with Crippen molar-refractivity contribution in [2.24, 2.45) is 0 Å². The number of thiophene rings is 1. The molecule has 8 heteroatoms. The fraction of sp³-hybridized carbons (Fsp3) is 0.0909. The maximum atomic E-state index is 12.2. The van der Waals surface area contributed by atoms with Crippen LogP contribution in [0.2, 0.25) is 0 Å². The third kappa shape index (κ3) is 1.99. The molecule has 0 aromatic carbocycles. The van der Waals surface area contributed by atoms with Gasteiger partial charge < -0.3 is 0 Å². The number of nitrogens with zero attached hydrogens (tertiary/aromatic N) is 2. The summed E-state index contributed by atoms with van der Waals surface area (Å²) in [6, 6.07) is 4.83. The molecule has 2 aromatic rings. The van der Waals surface area contributed by atoms with E-state index in [0.717, 1.165) is 13.7 Å². The van der Waals surface area contributed by atoms with Crippen LogP contribution >= 0.6 is 27.3 Å². The molecule has 5 nitrogen and oxygen atoms in total. The fourth-order valence-corrected chi connectivity index (χ4v) is 4.82. The van der Waals surface area contributed by atoms with E-state index in [1.165, 1.54) is 23.6 Å². The van der Waals surface area contributed by atoms with Gasteiger partial charge >= 0.3 is 0 Å². The molecule has 0 N–H and O–H groups in total. The molecule has 0 spiro atoms. The van der Waals surface area contributed by atoms with Crippen molar-refractivity contribution in [2.45, 2.75) is 11.6 Å². The van der Waals surface area contributed by atoms with Crippen LogP contribution in [0.4, 0.5) is 0 Å². The first-order valence-electron chi connectivity index (χ1n) is 5.25. The van der Waals surface area contributed by atoms with E-state index in [2.05, 4.69) is 20.9 Å². The normalized spacial score (nSPS) is 16.7. The molecule has 0 radical (unpaired) electrons. The Hall–Kier alpha value is -1.25. The van der Waals surface area contributed by atoms with E-state index in [1.54, 1.807) is 12.1 Å². The SMILES string of the molecule is O=C1c2cccnc2S(=O)(=O)N1Cc1cc(Br)cs1. The number of carbonyl (C=O) groups excluding carboxylic acids is 1. The number of rotatable bonds is 2. The number of amides is 1. The van der Waals surface area contributed by atoms with Crippen molar-refractivity contribution in [1.82, 2.24) is 9.29 Å². The highest BCUT2D eigenvalue weighted by Crippen LogP contribution is 2.31. The van der Waals surface area contributed by atoms with E-state index in [4.69, 9.17) is 0 Å². The predicted molar refractivity (Wildman–Crippen MR) is 73.3 cm³/mol. The van der Waals surface area contributed by atoms with Crippen LogP contribution in [0, 0.1) is 0 Å². The fourth-order valence-electron chi connectivity index (χ4n) is 1.84. The topological polar surface area (TPSA) is 67.3 Å². The zero-order valence-electron chi connectivity index (χ0n) is 9.41. The smallest absolute Gasteiger partial charge is 0.268 e. The van der Waals surface area contributed by atoms with E-state index in [1.807, 2.05) is 5.38 Å². The summed E-state index contributed by atoms with van der Waals surface area (Å²) >= 11 is 4.69. The lowest BCUT2D eigenvalue weighted by atomic mass is 10.2. The minimum Gasteiger partial charge on any atom is -0.268 e. The van der Waals surface area contributed by atoms with Crippen LogP contribution < -0.4 is 0 Å². The van der Waals surface area contributed by atoms with Gasteiger partial charge in [0, 0.05) is 20.9 Å². The van der Waals surface area contributed by atoms with Gasteiger partial charge in [0.05, 0.1) is 12.1 Å². The quantitative estimate of drug-likeness (QED) is 0.825. The zero-order valence-corrected chi connectivity index (χ0v) is 12.6. The Kier molecular flexibility index (Phi) is 2.95. The van der Waals surface area contributed by atoms with Gasteiger partial charge in [-0.05, 0) is 34.1 Å².